The second kappa shape index (κ2) is 9.85. The van der Waals surface area contributed by atoms with E-state index >= 15 is 0 Å². The predicted molar refractivity (Wildman–Crippen MR) is 85.4 cm³/mol. The molecular formula is C17H23F2NO4. The standard InChI is InChI=1S/C17H23F2NO4/c1-11-6-7-12(2)14(9-11)24-8-4-3-5-16(21)20-13(17(22)23)10-15(18)19/h6-7,9,13,15H,3-5,8,10H2,1-2H3,(H,20,21)(H,22,23). The predicted octanol–water partition coefficient (Wildman–Crippen LogP) is 3.08. The van der Waals surface area contributed by atoms with Gasteiger partial charge in [-0.2, -0.15) is 0 Å². The quantitative estimate of drug-likeness (QED) is 0.640. The lowest BCUT2D eigenvalue weighted by Gasteiger charge is -2.14. The number of carbonyl (C=O) groups excluding carboxylic acids is 1. The van der Waals surface area contributed by atoms with Crippen LogP contribution in [0.3, 0.4) is 0 Å². The van der Waals surface area contributed by atoms with Gasteiger partial charge in [0.1, 0.15) is 11.8 Å². The number of rotatable bonds is 10. The van der Waals surface area contributed by atoms with Gasteiger partial charge in [0.25, 0.3) is 0 Å². The number of alkyl halides is 2. The van der Waals surface area contributed by atoms with Crippen LogP contribution in [0.1, 0.15) is 36.8 Å². The molecule has 1 unspecified atom stereocenters. The number of hydrogen-bond acceptors (Lipinski definition) is 3. The molecule has 24 heavy (non-hydrogen) atoms. The van der Waals surface area contributed by atoms with Gasteiger partial charge in [0.05, 0.1) is 6.61 Å². The molecule has 0 aliphatic rings. The molecule has 1 aromatic carbocycles. The Morgan fingerprint density at radius 3 is 2.58 bits per heavy atom. The van der Waals surface area contributed by atoms with Crippen LogP contribution in [0.4, 0.5) is 8.78 Å². The van der Waals surface area contributed by atoms with Crippen molar-refractivity contribution in [2.75, 3.05) is 6.61 Å². The van der Waals surface area contributed by atoms with E-state index in [1.54, 1.807) is 0 Å². The second-order valence-corrected chi connectivity index (χ2v) is 5.66. The van der Waals surface area contributed by atoms with Crippen LogP contribution in [-0.4, -0.2) is 36.1 Å². The van der Waals surface area contributed by atoms with Gasteiger partial charge in [-0.1, -0.05) is 12.1 Å². The fourth-order valence-corrected chi connectivity index (χ4v) is 2.10. The molecule has 7 heteroatoms. The van der Waals surface area contributed by atoms with Crippen LogP contribution in [0.25, 0.3) is 0 Å². The summed E-state index contributed by atoms with van der Waals surface area (Å²) < 4.78 is 30.1. The molecular weight excluding hydrogens is 320 g/mol. The van der Waals surface area contributed by atoms with E-state index in [0.29, 0.717) is 19.4 Å². The minimum Gasteiger partial charge on any atom is -0.493 e. The highest BCUT2D eigenvalue weighted by atomic mass is 19.3. The number of unbranched alkanes of at least 4 members (excludes halogenated alkanes) is 1. The van der Waals surface area contributed by atoms with Crippen LogP contribution in [0.5, 0.6) is 5.75 Å². The van der Waals surface area contributed by atoms with Crippen molar-refractivity contribution in [3.8, 4) is 5.75 Å². The first-order valence-electron chi connectivity index (χ1n) is 7.80. The summed E-state index contributed by atoms with van der Waals surface area (Å²) in [5.74, 6) is -1.21. The van der Waals surface area contributed by atoms with E-state index in [1.807, 2.05) is 32.0 Å². The Labute approximate surface area is 140 Å². The first-order valence-corrected chi connectivity index (χ1v) is 7.80. The molecule has 0 saturated heterocycles. The Morgan fingerprint density at radius 1 is 1.25 bits per heavy atom. The van der Waals surface area contributed by atoms with Crippen molar-refractivity contribution in [1.29, 1.82) is 0 Å². The molecule has 1 rings (SSSR count). The molecule has 0 radical (unpaired) electrons. The average Bonchev–Trinajstić information content (AvgIpc) is 2.49. The minimum atomic E-state index is -2.78. The number of aryl methyl sites for hydroxylation is 2. The van der Waals surface area contributed by atoms with Gasteiger partial charge in [0.2, 0.25) is 12.3 Å². The fourth-order valence-electron chi connectivity index (χ4n) is 2.10. The Balaban J connectivity index is 2.28. The minimum absolute atomic E-state index is 0.0726. The molecule has 1 atom stereocenters. The highest BCUT2D eigenvalue weighted by Gasteiger charge is 2.23. The number of amides is 1. The topological polar surface area (TPSA) is 75.6 Å². The molecule has 2 N–H and O–H groups in total. The van der Waals surface area contributed by atoms with Gasteiger partial charge in [-0.15, -0.1) is 0 Å². The zero-order valence-electron chi connectivity index (χ0n) is 13.9. The summed E-state index contributed by atoms with van der Waals surface area (Å²) in [7, 11) is 0. The van der Waals surface area contributed by atoms with Gasteiger partial charge in [-0.25, -0.2) is 13.6 Å². The van der Waals surface area contributed by atoms with Crippen LogP contribution in [-0.2, 0) is 9.59 Å². The molecule has 1 aromatic rings. The number of carboxylic acid groups (broad SMARTS) is 1. The van der Waals surface area contributed by atoms with Crippen LogP contribution in [0.2, 0.25) is 0 Å². The molecule has 0 aromatic heterocycles. The van der Waals surface area contributed by atoms with Crippen LogP contribution in [0.15, 0.2) is 18.2 Å². The van der Waals surface area contributed by atoms with Gasteiger partial charge in [-0.05, 0) is 43.9 Å². The van der Waals surface area contributed by atoms with E-state index in [-0.39, 0.29) is 6.42 Å². The van der Waals surface area contributed by atoms with Gasteiger partial charge >= 0.3 is 5.97 Å². The number of ether oxygens (including phenoxy) is 1. The van der Waals surface area contributed by atoms with Crippen molar-refractivity contribution >= 4 is 11.9 Å². The van der Waals surface area contributed by atoms with Crippen LogP contribution >= 0.6 is 0 Å². The summed E-state index contributed by atoms with van der Waals surface area (Å²) in [5, 5.41) is 10.9. The summed E-state index contributed by atoms with van der Waals surface area (Å²) in [6, 6.07) is 4.34. The third-order valence-electron chi connectivity index (χ3n) is 3.45. The van der Waals surface area contributed by atoms with Gasteiger partial charge in [0, 0.05) is 12.8 Å². The maximum absolute atomic E-state index is 12.2. The molecule has 0 heterocycles. The largest absolute Gasteiger partial charge is 0.493 e. The highest BCUT2D eigenvalue weighted by molar-refractivity contribution is 5.83. The van der Waals surface area contributed by atoms with Crippen molar-refractivity contribution in [3.05, 3.63) is 29.3 Å². The van der Waals surface area contributed by atoms with Crippen LogP contribution < -0.4 is 10.1 Å². The SMILES string of the molecule is Cc1ccc(C)c(OCCCCC(=O)NC(CC(F)F)C(=O)O)c1. The van der Waals surface area contributed by atoms with E-state index in [2.05, 4.69) is 5.32 Å². The van der Waals surface area contributed by atoms with E-state index < -0.39 is 30.8 Å². The molecule has 134 valence electrons. The fraction of sp³-hybridized carbons (Fsp3) is 0.529. The molecule has 0 spiro atoms. The van der Waals surface area contributed by atoms with Crippen LogP contribution in [0, 0.1) is 13.8 Å². The maximum Gasteiger partial charge on any atom is 0.326 e. The van der Waals surface area contributed by atoms with E-state index in [1.165, 1.54) is 0 Å². The number of aliphatic carboxylic acids is 1. The summed E-state index contributed by atoms with van der Waals surface area (Å²) >= 11 is 0. The first kappa shape index (κ1) is 19.9. The van der Waals surface area contributed by atoms with E-state index in [4.69, 9.17) is 9.84 Å². The Bertz CT molecular complexity index is 564. The molecule has 1 amide bonds. The Morgan fingerprint density at radius 2 is 1.96 bits per heavy atom. The first-order chi connectivity index (χ1) is 11.3. The summed E-state index contributed by atoms with van der Waals surface area (Å²) in [6.45, 7) is 4.34. The summed E-state index contributed by atoms with van der Waals surface area (Å²) in [4.78, 5) is 22.4. The van der Waals surface area contributed by atoms with Gasteiger partial charge < -0.3 is 15.2 Å². The molecule has 0 saturated carbocycles. The number of carboxylic acids is 1. The summed E-state index contributed by atoms with van der Waals surface area (Å²) in [5.41, 5.74) is 2.11. The monoisotopic (exact) mass is 343 g/mol. The zero-order chi connectivity index (χ0) is 18.1. The number of carbonyl (C=O) groups is 2. The van der Waals surface area contributed by atoms with E-state index in [9.17, 15) is 18.4 Å². The van der Waals surface area contributed by atoms with Crippen molar-refractivity contribution in [3.63, 3.8) is 0 Å². The molecule has 0 aliphatic heterocycles. The molecule has 0 fully saturated rings. The van der Waals surface area contributed by atoms with Gasteiger partial charge in [-0.3, -0.25) is 4.79 Å². The number of hydrogen-bond donors (Lipinski definition) is 2. The Kier molecular flexibility index (Phi) is 8.15. The highest BCUT2D eigenvalue weighted by Crippen LogP contribution is 2.19. The van der Waals surface area contributed by atoms with Gasteiger partial charge in [0.15, 0.2) is 0 Å². The summed E-state index contributed by atoms with van der Waals surface area (Å²) in [6.07, 6.45) is -2.51. The average molecular weight is 343 g/mol. The number of nitrogens with one attached hydrogen (secondary N) is 1. The third-order valence-corrected chi connectivity index (χ3v) is 3.45. The van der Waals surface area contributed by atoms with Crippen molar-refractivity contribution in [2.24, 2.45) is 0 Å². The normalized spacial score (nSPS) is 12.0. The molecule has 0 aliphatic carbocycles. The van der Waals surface area contributed by atoms with Crippen molar-refractivity contribution < 1.29 is 28.2 Å². The molecule has 0 bridgehead atoms. The van der Waals surface area contributed by atoms with Crippen molar-refractivity contribution in [1.82, 2.24) is 5.32 Å². The van der Waals surface area contributed by atoms with Crippen molar-refractivity contribution in [2.45, 2.75) is 52.0 Å². The Hall–Kier alpha value is -2.18. The number of halogens is 2. The maximum atomic E-state index is 12.2. The van der Waals surface area contributed by atoms with E-state index in [0.717, 1.165) is 16.9 Å². The zero-order valence-corrected chi connectivity index (χ0v) is 13.9. The lowest BCUT2D eigenvalue weighted by Crippen LogP contribution is -2.41. The number of benzene rings is 1. The second-order valence-electron chi connectivity index (χ2n) is 5.66. The lowest BCUT2D eigenvalue weighted by molar-refractivity contribution is -0.143. The molecule has 5 nitrogen and oxygen atoms in total. The lowest BCUT2D eigenvalue weighted by atomic mass is 10.1. The third kappa shape index (κ3) is 7.39. The smallest absolute Gasteiger partial charge is 0.326 e.